The van der Waals surface area contributed by atoms with Crippen LogP contribution in [0.25, 0.3) is 0 Å². The Kier molecular flexibility index (Phi) is 3.57. The lowest BCUT2D eigenvalue weighted by Crippen LogP contribution is -1.93. The zero-order valence-corrected chi connectivity index (χ0v) is 10.1. The van der Waals surface area contributed by atoms with Gasteiger partial charge in [0.05, 0.1) is 15.4 Å². The van der Waals surface area contributed by atoms with Crippen molar-refractivity contribution in [3.05, 3.63) is 56.3 Å². The quantitative estimate of drug-likeness (QED) is 0.485. The summed E-state index contributed by atoms with van der Waals surface area (Å²) in [6.07, 6.45) is 2.36. The van der Waals surface area contributed by atoms with Crippen LogP contribution < -0.4 is 0 Å². The monoisotopic (exact) mass is 278 g/mol. The van der Waals surface area contributed by atoms with E-state index in [4.69, 9.17) is 0 Å². The number of hydrogen-bond acceptors (Lipinski definition) is 7. The molecule has 19 heavy (non-hydrogen) atoms. The fourth-order valence-corrected chi connectivity index (χ4v) is 1.87. The van der Waals surface area contributed by atoms with Crippen LogP contribution in [0.4, 0.5) is 15.8 Å². The van der Waals surface area contributed by atoms with E-state index in [1.807, 2.05) is 0 Å². The van der Waals surface area contributed by atoms with Crippen molar-refractivity contribution in [2.24, 2.45) is 4.99 Å². The summed E-state index contributed by atoms with van der Waals surface area (Å²) < 4.78 is 0. The highest BCUT2D eigenvalue weighted by Gasteiger charge is 2.12. The highest BCUT2D eigenvalue weighted by Crippen LogP contribution is 2.27. The number of thiazole rings is 1. The highest BCUT2D eigenvalue weighted by atomic mass is 32.1. The van der Waals surface area contributed by atoms with Gasteiger partial charge in [-0.25, -0.2) is 9.98 Å². The number of aromatic nitrogens is 1. The number of benzene rings is 1. The Morgan fingerprint density at radius 2 is 1.95 bits per heavy atom. The molecule has 0 aliphatic carbocycles. The summed E-state index contributed by atoms with van der Waals surface area (Å²) in [5.74, 6) is 0. The molecule has 0 fully saturated rings. The molecule has 0 atom stereocenters. The van der Waals surface area contributed by atoms with Crippen LogP contribution >= 0.6 is 11.3 Å². The number of aliphatic imine (C=N–C) groups is 1. The number of nitro benzene ring substituents is 1. The van der Waals surface area contributed by atoms with Gasteiger partial charge >= 0.3 is 5.00 Å². The Hall–Kier alpha value is -2.68. The summed E-state index contributed by atoms with van der Waals surface area (Å²) in [7, 11) is 0. The van der Waals surface area contributed by atoms with Crippen LogP contribution in [0.3, 0.4) is 0 Å². The second kappa shape index (κ2) is 5.31. The predicted octanol–water partition coefficient (Wildman–Crippen LogP) is 2.71. The number of nitro groups is 2. The molecule has 2 rings (SSSR count). The molecule has 0 aliphatic rings. The lowest BCUT2D eigenvalue weighted by Gasteiger charge is -1.94. The molecule has 0 saturated heterocycles. The fraction of sp³-hybridized carbons (Fsp3) is 0. The third kappa shape index (κ3) is 2.96. The summed E-state index contributed by atoms with van der Waals surface area (Å²) in [5.41, 5.74) is 0.225. The lowest BCUT2D eigenvalue weighted by molar-refractivity contribution is -0.385. The molecule has 0 N–H and O–H groups in total. The topological polar surface area (TPSA) is 112 Å². The van der Waals surface area contributed by atoms with E-state index < -0.39 is 9.85 Å². The molecule has 1 heterocycles. The number of hydrogen-bond donors (Lipinski definition) is 0. The van der Waals surface area contributed by atoms with Crippen molar-refractivity contribution in [3.8, 4) is 0 Å². The molecular formula is C10H6N4O4S. The Morgan fingerprint density at radius 1 is 1.21 bits per heavy atom. The van der Waals surface area contributed by atoms with E-state index in [1.54, 1.807) is 12.1 Å². The molecule has 0 spiro atoms. The van der Waals surface area contributed by atoms with Crippen LogP contribution in [-0.2, 0) is 0 Å². The fourth-order valence-electron chi connectivity index (χ4n) is 1.29. The molecule has 0 amide bonds. The molecule has 1 aromatic heterocycles. The van der Waals surface area contributed by atoms with Crippen molar-refractivity contribution in [2.75, 3.05) is 0 Å². The average molecular weight is 278 g/mol. The third-order valence-electron chi connectivity index (χ3n) is 2.11. The first kappa shape index (κ1) is 12.8. The number of rotatable bonds is 4. The average Bonchev–Trinajstić information content (AvgIpc) is 2.85. The molecule has 0 saturated carbocycles. The first-order chi connectivity index (χ1) is 9.08. The van der Waals surface area contributed by atoms with E-state index in [1.165, 1.54) is 18.3 Å². The maximum Gasteiger partial charge on any atom is 0.345 e. The highest BCUT2D eigenvalue weighted by molar-refractivity contribution is 7.18. The first-order valence-electron chi connectivity index (χ1n) is 4.95. The number of nitrogens with zero attached hydrogens (tertiary/aromatic N) is 4. The SMILES string of the molecule is O=[N+]([O-])c1cnc(/N=C\c2ccccc2[N+](=O)[O-])s1. The zero-order valence-electron chi connectivity index (χ0n) is 9.29. The van der Waals surface area contributed by atoms with Gasteiger partial charge in [-0.2, -0.15) is 0 Å². The largest absolute Gasteiger partial charge is 0.345 e. The minimum Gasteiger partial charge on any atom is -0.258 e. The minimum atomic E-state index is -0.568. The van der Waals surface area contributed by atoms with Crippen molar-refractivity contribution in [1.29, 1.82) is 0 Å². The van der Waals surface area contributed by atoms with Crippen molar-refractivity contribution in [2.45, 2.75) is 0 Å². The van der Waals surface area contributed by atoms with Crippen molar-refractivity contribution >= 4 is 33.4 Å². The van der Waals surface area contributed by atoms with Crippen LogP contribution in [0, 0.1) is 20.2 Å². The predicted molar refractivity (Wildman–Crippen MR) is 69.1 cm³/mol. The maximum absolute atomic E-state index is 10.8. The molecular weight excluding hydrogens is 272 g/mol. The molecule has 0 unspecified atom stereocenters. The van der Waals surface area contributed by atoms with Gasteiger partial charge in [0, 0.05) is 12.3 Å². The van der Waals surface area contributed by atoms with Gasteiger partial charge in [0.1, 0.15) is 6.20 Å². The molecule has 9 heteroatoms. The number of para-hydroxylation sites is 1. The van der Waals surface area contributed by atoms with Gasteiger partial charge in [-0.1, -0.05) is 12.1 Å². The van der Waals surface area contributed by atoms with E-state index >= 15 is 0 Å². The summed E-state index contributed by atoms with van der Waals surface area (Å²) in [6.45, 7) is 0. The van der Waals surface area contributed by atoms with Gasteiger partial charge in [-0.05, 0) is 17.4 Å². The maximum atomic E-state index is 10.8. The third-order valence-corrected chi connectivity index (χ3v) is 2.97. The summed E-state index contributed by atoms with van der Waals surface area (Å²) in [4.78, 5) is 27.8. The smallest absolute Gasteiger partial charge is 0.258 e. The summed E-state index contributed by atoms with van der Waals surface area (Å²) in [6, 6.07) is 6.07. The van der Waals surface area contributed by atoms with Gasteiger partial charge < -0.3 is 0 Å². The van der Waals surface area contributed by atoms with Crippen LogP contribution in [0.15, 0.2) is 35.5 Å². The zero-order chi connectivity index (χ0) is 13.8. The second-order valence-electron chi connectivity index (χ2n) is 3.31. The van der Waals surface area contributed by atoms with Gasteiger partial charge in [-0.15, -0.1) is 0 Å². The van der Waals surface area contributed by atoms with Crippen LogP contribution in [-0.4, -0.2) is 21.0 Å². The van der Waals surface area contributed by atoms with Gasteiger partial charge in [-0.3, -0.25) is 20.2 Å². The summed E-state index contributed by atoms with van der Waals surface area (Å²) >= 11 is 0.797. The Balaban J connectivity index is 2.27. The van der Waals surface area contributed by atoms with Crippen molar-refractivity contribution in [3.63, 3.8) is 0 Å². The molecule has 0 aliphatic heterocycles. The summed E-state index contributed by atoms with van der Waals surface area (Å²) in [5, 5.41) is 21.3. The van der Waals surface area contributed by atoms with E-state index in [0.29, 0.717) is 5.56 Å². The standard InChI is InChI=1S/C10H6N4O4S/c15-13(16)8-4-2-1-3-7(8)5-11-10-12-6-9(19-10)14(17)18/h1-6H/b11-5-. The molecule has 96 valence electrons. The van der Waals surface area contributed by atoms with Crippen LogP contribution in [0.5, 0.6) is 0 Å². The van der Waals surface area contributed by atoms with Gasteiger partial charge in [0.2, 0.25) is 5.13 Å². The van der Waals surface area contributed by atoms with E-state index in [9.17, 15) is 20.2 Å². The van der Waals surface area contributed by atoms with Gasteiger partial charge in [0.25, 0.3) is 5.69 Å². The van der Waals surface area contributed by atoms with Crippen molar-refractivity contribution in [1.82, 2.24) is 4.98 Å². The van der Waals surface area contributed by atoms with E-state index in [-0.39, 0.29) is 15.8 Å². The van der Waals surface area contributed by atoms with Crippen molar-refractivity contribution < 1.29 is 9.85 Å². The molecule has 2 aromatic rings. The van der Waals surface area contributed by atoms with E-state index in [0.717, 1.165) is 17.5 Å². The molecule has 0 radical (unpaired) electrons. The Bertz CT molecular complexity index is 667. The van der Waals surface area contributed by atoms with Crippen LogP contribution in [0.2, 0.25) is 0 Å². The minimum absolute atomic E-state index is 0.0858. The molecule has 0 bridgehead atoms. The van der Waals surface area contributed by atoms with Gasteiger partial charge in [0.15, 0.2) is 0 Å². The molecule has 8 nitrogen and oxygen atoms in total. The lowest BCUT2D eigenvalue weighted by atomic mass is 10.2. The normalized spacial score (nSPS) is 10.7. The Labute approximate surface area is 110 Å². The van der Waals surface area contributed by atoms with Crippen LogP contribution in [0.1, 0.15) is 5.56 Å². The molecule has 1 aromatic carbocycles. The first-order valence-corrected chi connectivity index (χ1v) is 5.77. The Morgan fingerprint density at radius 3 is 2.58 bits per heavy atom. The second-order valence-corrected chi connectivity index (χ2v) is 4.30. The van der Waals surface area contributed by atoms with E-state index in [2.05, 4.69) is 9.98 Å².